The third-order valence-corrected chi connectivity index (χ3v) is 9.33. The zero-order valence-corrected chi connectivity index (χ0v) is 23.5. The Kier molecular flexibility index (Phi) is 9.47. The van der Waals surface area contributed by atoms with Crippen LogP contribution in [0.2, 0.25) is 10.0 Å². The molecular formula is C31H41Cl2N3O. The van der Waals surface area contributed by atoms with Gasteiger partial charge < -0.3 is 9.80 Å². The van der Waals surface area contributed by atoms with Crippen LogP contribution in [0.4, 0.5) is 0 Å². The number of rotatable bonds is 8. The lowest BCUT2D eigenvalue weighted by Crippen LogP contribution is -2.53. The second kappa shape index (κ2) is 13.0. The van der Waals surface area contributed by atoms with E-state index in [1.165, 1.54) is 50.0 Å². The summed E-state index contributed by atoms with van der Waals surface area (Å²) in [6.45, 7) is 7.32. The Morgan fingerprint density at radius 2 is 1.54 bits per heavy atom. The van der Waals surface area contributed by atoms with Crippen molar-refractivity contribution in [3.05, 3.63) is 69.2 Å². The summed E-state index contributed by atoms with van der Waals surface area (Å²) in [7, 11) is 0. The molecule has 4 nitrogen and oxygen atoms in total. The van der Waals surface area contributed by atoms with Crippen molar-refractivity contribution in [2.45, 2.75) is 69.7 Å². The van der Waals surface area contributed by atoms with E-state index in [0.717, 1.165) is 63.8 Å². The summed E-state index contributed by atoms with van der Waals surface area (Å²) in [5.74, 6) is 0.812. The molecular weight excluding hydrogens is 501 g/mol. The van der Waals surface area contributed by atoms with Crippen molar-refractivity contribution in [3.63, 3.8) is 0 Å². The van der Waals surface area contributed by atoms with E-state index in [1.54, 1.807) is 6.07 Å². The number of piperidine rings is 2. The molecule has 0 radical (unpaired) electrons. The molecule has 3 heterocycles. The van der Waals surface area contributed by atoms with E-state index in [2.05, 4.69) is 39.0 Å². The van der Waals surface area contributed by atoms with Crippen LogP contribution in [0.1, 0.15) is 67.6 Å². The molecule has 0 N–H and O–H groups in total. The molecule has 2 aromatic carbocycles. The van der Waals surface area contributed by atoms with Crippen LogP contribution in [0.15, 0.2) is 42.5 Å². The quantitative estimate of drug-likeness (QED) is 0.385. The zero-order chi connectivity index (χ0) is 25.6. The Balaban J connectivity index is 1.24. The molecule has 1 amide bonds. The molecule has 5 rings (SSSR count). The first-order valence-electron chi connectivity index (χ1n) is 14.4. The highest BCUT2D eigenvalue weighted by Gasteiger charge is 2.34. The summed E-state index contributed by atoms with van der Waals surface area (Å²) in [5, 5.41) is 1.30. The van der Waals surface area contributed by atoms with Gasteiger partial charge in [0.15, 0.2) is 0 Å². The van der Waals surface area contributed by atoms with E-state index < -0.39 is 0 Å². The molecule has 3 fully saturated rings. The molecule has 0 aliphatic carbocycles. The summed E-state index contributed by atoms with van der Waals surface area (Å²) in [4.78, 5) is 21.1. The van der Waals surface area contributed by atoms with E-state index in [4.69, 9.17) is 23.2 Å². The highest BCUT2D eigenvalue weighted by molar-refractivity contribution is 6.35. The predicted octanol–water partition coefficient (Wildman–Crippen LogP) is 6.43. The number of nitrogens with zero attached hydrogens (tertiary/aromatic N) is 3. The van der Waals surface area contributed by atoms with Crippen molar-refractivity contribution in [3.8, 4) is 0 Å². The molecule has 3 saturated heterocycles. The Morgan fingerprint density at radius 1 is 0.838 bits per heavy atom. The number of halogens is 2. The van der Waals surface area contributed by atoms with Gasteiger partial charge in [0.25, 0.3) is 0 Å². The largest absolute Gasteiger partial charge is 0.341 e. The minimum Gasteiger partial charge on any atom is -0.341 e. The summed E-state index contributed by atoms with van der Waals surface area (Å²) < 4.78 is 0. The van der Waals surface area contributed by atoms with Crippen LogP contribution in [0.25, 0.3) is 0 Å². The molecule has 0 spiro atoms. The number of carbonyl (C=O) groups is 1. The molecule has 6 heteroatoms. The van der Waals surface area contributed by atoms with Crippen molar-refractivity contribution in [2.24, 2.45) is 0 Å². The molecule has 37 heavy (non-hydrogen) atoms. The standard InChI is InChI=1S/C31H41Cl2N3O/c32-27-11-10-26(29(33)23-27)22-30(35-17-4-1-5-18-35)31(37)36-20-13-25(14-21-36)28-9-3-2-8-24(28)12-19-34-15-6-7-16-34/h2-3,8-11,23,25,30H,1,4-7,12-22H2/t30-/m1/s1. The van der Waals surface area contributed by atoms with Crippen LogP contribution in [-0.2, 0) is 17.6 Å². The van der Waals surface area contributed by atoms with Crippen LogP contribution in [0.5, 0.6) is 0 Å². The smallest absolute Gasteiger partial charge is 0.240 e. The monoisotopic (exact) mass is 541 g/mol. The van der Waals surface area contributed by atoms with Crippen molar-refractivity contribution >= 4 is 29.1 Å². The second-order valence-electron chi connectivity index (χ2n) is 11.1. The predicted molar refractivity (Wildman–Crippen MR) is 154 cm³/mol. The summed E-state index contributed by atoms with van der Waals surface area (Å²) in [6, 6.07) is 14.5. The molecule has 3 aliphatic rings. The maximum absolute atomic E-state index is 13.9. The van der Waals surface area contributed by atoms with Gasteiger partial charge in [-0.15, -0.1) is 0 Å². The van der Waals surface area contributed by atoms with Crippen LogP contribution in [0.3, 0.4) is 0 Å². The lowest BCUT2D eigenvalue weighted by molar-refractivity contribution is -0.138. The minimum atomic E-state index is -0.150. The first-order valence-corrected chi connectivity index (χ1v) is 15.1. The van der Waals surface area contributed by atoms with Crippen molar-refractivity contribution < 1.29 is 4.79 Å². The van der Waals surface area contributed by atoms with Gasteiger partial charge >= 0.3 is 0 Å². The fourth-order valence-electron chi connectivity index (χ4n) is 6.56. The first kappa shape index (κ1) is 27.0. The molecule has 3 aliphatic heterocycles. The number of carbonyl (C=O) groups excluding carboxylic acids is 1. The van der Waals surface area contributed by atoms with Crippen molar-refractivity contribution in [1.29, 1.82) is 0 Å². The zero-order valence-electron chi connectivity index (χ0n) is 22.0. The van der Waals surface area contributed by atoms with Gasteiger partial charge in [0.2, 0.25) is 5.91 Å². The molecule has 0 saturated carbocycles. The van der Waals surface area contributed by atoms with Gasteiger partial charge in [-0.25, -0.2) is 0 Å². The highest BCUT2D eigenvalue weighted by Crippen LogP contribution is 2.32. The third kappa shape index (κ3) is 6.89. The number of hydrogen-bond donors (Lipinski definition) is 0. The van der Waals surface area contributed by atoms with E-state index in [9.17, 15) is 4.79 Å². The Hall–Kier alpha value is -1.59. The fourth-order valence-corrected chi connectivity index (χ4v) is 7.05. The average molecular weight is 543 g/mol. The van der Waals surface area contributed by atoms with Gasteiger partial charge in [0, 0.05) is 29.7 Å². The molecule has 0 bridgehead atoms. The van der Waals surface area contributed by atoms with E-state index in [1.807, 2.05) is 12.1 Å². The van der Waals surface area contributed by atoms with Gasteiger partial charge in [-0.3, -0.25) is 9.69 Å². The third-order valence-electron chi connectivity index (χ3n) is 8.74. The Bertz CT molecular complexity index is 1040. The van der Waals surface area contributed by atoms with Gasteiger partial charge in [-0.2, -0.15) is 0 Å². The maximum Gasteiger partial charge on any atom is 0.240 e. The molecule has 0 aromatic heterocycles. The molecule has 0 unspecified atom stereocenters. The van der Waals surface area contributed by atoms with Crippen LogP contribution >= 0.6 is 23.2 Å². The van der Waals surface area contributed by atoms with Crippen molar-refractivity contribution in [1.82, 2.24) is 14.7 Å². The summed E-state index contributed by atoms with van der Waals surface area (Å²) in [5.41, 5.74) is 4.02. The second-order valence-corrected chi connectivity index (χ2v) is 12.0. The molecule has 2 aromatic rings. The fraction of sp³-hybridized carbons (Fsp3) is 0.581. The minimum absolute atomic E-state index is 0.150. The van der Waals surface area contributed by atoms with Gasteiger partial charge in [0.1, 0.15) is 0 Å². The Labute approximate surface area is 232 Å². The number of amides is 1. The highest BCUT2D eigenvalue weighted by atomic mass is 35.5. The summed E-state index contributed by atoms with van der Waals surface area (Å²) in [6.07, 6.45) is 10.1. The van der Waals surface area contributed by atoms with Crippen LogP contribution < -0.4 is 0 Å². The van der Waals surface area contributed by atoms with E-state index >= 15 is 0 Å². The van der Waals surface area contributed by atoms with Crippen LogP contribution in [-0.4, -0.2) is 72.5 Å². The topological polar surface area (TPSA) is 26.8 Å². The van der Waals surface area contributed by atoms with Gasteiger partial charge in [0.05, 0.1) is 6.04 Å². The van der Waals surface area contributed by atoms with Crippen LogP contribution in [0, 0.1) is 0 Å². The number of likely N-dealkylation sites (tertiary alicyclic amines) is 3. The summed E-state index contributed by atoms with van der Waals surface area (Å²) >= 11 is 12.7. The molecule has 200 valence electrons. The number of benzene rings is 2. The van der Waals surface area contributed by atoms with Gasteiger partial charge in [-0.05, 0) is 112 Å². The maximum atomic E-state index is 13.9. The van der Waals surface area contributed by atoms with Gasteiger partial charge in [-0.1, -0.05) is 60.0 Å². The normalized spacial score (nSPS) is 20.9. The SMILES string of the molecule is O=C([C@@H](Cc1ccc(Cl)cc1Cl)N1CCCCC1)N1CCC(c2ccccc2CCN2CCCC2)CC1. The first-order chi connectivity index (χ1) is 18.1. The number of hydrogen-bond acceptors (Lipinski definition) is 3. The Morgan fingerprint density at radius 3 is 2.27 bits per heavy atom. The molecule has 1 atom stereocenters. The average Bonchev–Trinajstić information content (AvgIpc) is 3.46. The lowest BCUT2D eigenvalue weighted by atomic mass is 9.85. The lowest BCUT2D eigenvalue weighted by Gasteiger charge is -2.39. The van der Waals surface area contributed by atoms with E-state index in [0.29, 0.717) is 22.4 Å². The van der Waals surface area contributed by atoms with Crippen molar-refractivity contribution in [2.75, 3.05) is 45.8 Å². The van der Waals surface area contributed by atoms with E-state index in [-0.39, 0.29) is 11.9 Å².